The fourth-order valence-electron chi connectivity index (χ4n) is 1.45. The summed E-state index contributed by atoms with van der Waals surface area (Å²) in [4.78, 5) is 12.4. The van der Waals surface area contributed by atoms with E-state index in [2.05, 4.69) is 15.0 Å². The maximum Gasteiger partial charge on any atom is 0.229 e. The molecule has 0 N–H and O–H groups in total. The maximum atomic E-state index is 4.18. The fraction of sp³-hybridized carbons (Fsp3) is 0.125. The SMILES string of the molecule is C1=Nc2ncc3cncc-3n2C1. The van der Waals surface area contributed by atoms with Crippen LogP contribution in [-0.4, -0.2) is 20.7 Å². The van der Waals surface area contributed by atoms with E-state index in [0.29, 0.717) is 0 Å². The van der Waals surface area contributed by atoms with Crippen molar-refractivity contribution in [1.82, 2.24) is 14.5 Å². The summed E-state index contributed by atoms with van der Waals surface area (Å²) in [5, 5.41) is 0. The fourth-order valence-corrected chi connectivity index (χ4v) is 1.45. The van der Waals surface area contributed by atoms with Gasteiger partial charge in [0.15, 0.2) is 0 Å². The second kappa shape index (κ2) is 1.91. The van der Waals surface area contributed by atoms with Crippen LogP contribution in [0.5, 0.6) is 0 Å². The van der Waals surface area contributed by atoms with Crippen molar-refractivity contribution in [2.45, 2.75) is 6.54 Å². The van der Waals surface area contributed by atoms with Gasteiger partial charge in [-0.2, -0.15) is 0 Å². The Labute approximate surface area is 68.9 Å². The normalized spacial score (nSPS) is 14.0. The lowest BCUT2D eigenvalue weighted by Gasteiger charge is -2.06. The van der Waals surface area contributed by atoms with Crippen LogP contribution in [0.25, 0.3) is 11.3 Å². The average molecular weight is 158 g/mol. The standard InChI is InChI=1S/C8H6N4/c1-2-12-7-5-9-3-6(7)4-11-8(12)10-1/h1,3-5H,2H2. The molecule has 0 fully saturated rings. The molecule has 0 spiro atoms. The molecule has 0 saturated carbocycles. The van der Waals surface area contributed by atoms with E-state index in [1.165, 1.54) is 0 Å². The summed E-state index contributed by atoms with van der Waals surface area (Å²) in [7, 11) is 0. The molecule has 0 unspecified atom stereocenters. The van der Waals surface area contributed by atoms with Crippen molar-refractivity contribution < 1.29 is 0 Å². The van der Waals surface area contributed by atoms with E-state index in [1.54, 1.807) is 6.20 Å². The molecule has 3 aliphatic rings. The minimum atomic E-state index is 0.774. The van der Waals surface area contributed by atoms with Crippen molar-refractivity contribution in [3.05, 3.63) is 18.6 Å². The molecular weight excluding hydrogens is 152 g/mol. The highest BCUT2D eigenvalue weighted by Gasteiger charge is 2.13. The topological polar surface area (TPSA) is 43.1 Å². The van der Waals surface area contributed by atoms with Crippen LogP contribution in [0.1, 0.15) is 0 Å². The van der Waals surface area contributed by atoms with Crippen molar-refractivity contribution in [2.24, 2.45) is 4.99 Å². The largest absolute Gasteiger partial charge is 0.303 e. The smallest absolute Gasteiger partial charge is 0.229 e. The number of aromatic nitrogens is 3. The molecule has 4 nitrogen and oxygen atoms in total. The molecule has 58 valence electrons. The van der Waals surface area contributed by atoms with Gasteiger partial charge in [0.25, 0.3) is 0 Å². The Hall–Kier alpha value is -1.71. The first-order valence-electron chi connectivity index (χ1n) is 3.77. The zero-order valence-electron chi connectivity index (χ0n) is 6.31. The van der Waals surface area contributed by atoms with Gasteiger partial charge < -0.3 is 4.57 Å². The lowest BCUT2D eigenvalue weighted by molar-refractivity contribution is 0.869. The molecule has 0 radical (unpaired) electrons. The van der Waals surface area contributed by atoms with E-state index in [0.717, 1.165) is 23.8 Å². The van der Waals surface area contributed by atoms with E-state index in [4.69, 9.17) is 0 Å². The molecule has 0 aromatic carbocycles. The molecule has 0 amide bonds. The Bertz CT molecular complexity index is 429. The highest BCUT2D eigenvalue weighted by Crippen LogP contribution is 2.26. The molecule has 0 bridgehead atoms. The first-order chi connectivity index (χ1) is 5.95. The van der Waals surface area contributed by atoms with Gasteiger partial charge in [0.1, 0.15) is 0 Å². The molecule has 3 heterocycles. The van der Waals surface area contributed by atoms with Crippen LogP contribution in [0.3, 0.4) is 0 Å². The van der Waals surface area contributed by atoms with Crippen molar-refractivity contribution in [3.63, 3.8) is 0 Å². The zero-order valence-corrected chi connectivity index (χ0v) is 6.31. The summed E-state index contributed by atoms with van der Waals surface area (Å²) < 4.78 is 2.04. The molecular formula is C8H6N4. The van der Waals surface area contributed by atoms with Gasteiger partial charge in [-0.3, -0.25) is 4.98 Å². The Kier molecular flexibility index (Phi) is 0.935. The number of aliphatic imine (C=N–C) groups is 1. The van der Waals surface area contributed by atoms with Gasteiger partial charge in [-0.15, -0.1) is 0 Å². The van der Waals surface area contributed by atoms with E-state index in [1.807, 2.05) is 23.2 Å². The van der Waals surface area contributed by atoms with Crippen LogP contribution in [0, 0.1) is 0 Å². The minimum absolute atomic E-state index is 0.774. The Morgan fingerprint density at radius 1 is 1.25 bits per heavy atom. The summed E-state index contributed by atoms with van der Waals surface area (Å²) in [5.74, 6) is 0.774. The van der Waals surface area contributed by atoms with E-state index in [9.17, 15) is 0 Å². The molecule has 0 aliphatic carbocycles. The highest BCUT2D eigenvalue weighted by molar-refractivity contribution is 5.70. The molecule has 3 aliphatic heterocycles. The summed E-state index contributed by atoms with van der Waals surface area (Å²) in [6.07, 6.45) is 7.31. The van der Waals surface area contributed by atoms with Crippen molar-refractivity contribution in [1.29, 1.82) is 0 Å². The van der Waals surface area contributed by atoms with Crippen LogP contribution in [0.15, 0.2) is 23.6 Å². The molecule has 12 heavy (non-hydrogen) atoms. The number of hydrogen-bond donors (Lipinski definition) is 0. The minimum Gasteiger partial charge on any atom is -0.303 e. The van der Waals surface area contributed by atoms with Gasteiger partial charge in [-0.05, 0) is 0 Å². The molecule has 0 aromatic heterocycles. The van der Waals surface area contributed by atoms with E-state index >= 15 is 0 Å². The first-order valence-corrected chi connectivity index (χ1v) is 3.77. The number of rotatable bonds is 0. The summed E-state index contributed by atoms with van der Waals surface area (Å²) in [5.41, 5.74) is 2.18. The molecule has 0 aromatic rings. The summed E-state index contributed by atoms with van der Waals surface area (Å²) in [6.45, 7) is 0.811. The Morgan fingerprint density at radius 3 is 3.25 bits per heavy atom. The molecule has 3 rings (SSSR count). The van der Waals surface area contributed by atoms with Crippen LogP contribution in [0.4, 0.5) is 5.95 Å². The van der Waals surface area contributed by atoms with E-state index < -0.39 is 0 Å². The third kappa shape index (κ3) is 0.592. The van der Waals surface area contributed by atoms with Gasteiger partial charge in [-0.25, -0.2) is 9.98 Å². The third-order valence-corrected chi connectivity index (χ3v) is 2.03. The van der Waals surface area contributed by atoms with Crippen LogP contribution >= 0.6 is 0 Å². The lowest BCUT2D eigenvalue weighted by Crippen LogP contribution is -1.99. The maximum absolute atomic E-state index is 4.18. The van der Waals surface area contributed by atoms with Crippen molar-refractivity contribution in [2.75, 3.05) is 0 Å². The van der Waals surface area contributed by atoms with Gasteiger partial charge >= 0.3 is 0 Å². The second-order valence-corrected chi connectivity index (χ2v) is 2.73. The zero-order chi connectivity index (χ0) is 7.97. The predicted molar refractivity (Wildman–Crippen MR) is 44.8 cm³/mol. The number of fused-ring (bicyclic) bond motifs is 3. The second-order valence-electron chi connectivity index (χ2n) is 2.73. The molecule has 0 saturated heterocycles. The first kappa shape index (κ1) is 5.88. The highest BCUT2D eigenvalue weighted by atomic mass is 15.2. The quantitative estimate of drug-likeness (QED) is 0.576. The van der Waals surface area contributed by atoms with Crippen molar-refractivity contribution >= 4 is 12.2 Å². The van der Waals surface area contributed by atoms with Gasteiger partial charge in [0.2, 0.25) is 5.95 Å². The third-order valence-electron chi connectivity index (χ3n) is 2.03. The Morgan fingerprint density at radius 2 is 2.25 bits per heavy atom. The van der Waals surface area contributed by atoms with Crippen LogP contribution < -0.4 is 0 Å². The summed E-state index contributed by atoms with van der Waals surface area (Å²) >= 11 is 0. The molecule has 4 heteroatoms. The predicted octanol–water partition coefficient (Wildman–Crippen LogP) is 1.10. The monoisotopic (exact) mass is 158 g/mol. The van der Waals surface area contributed by atoms with Gasteiger partial charge in [0.05, 0.1) is 18.4 Å². The molecule has 0 atom stereocenters. The van der Waals surface area contributed by atoms with Crippen LogP contribution in [-0.2, 0) is 6.54 Å². The summed E-state index contributed by atoms with van der Waals surface area (Å²) in [6, 6.07) is 0. The van der Waals surface area contributed by atoms with Crippen LogP contribution in [0.2, 0.25) is 0 Å². The Balaban J connectivity index is 2.41. The van der Waals surface area contributed by atoms with E-state index in [-0.39, 0.29) is 0 Å². The number of nitrogens with zero attached hydrogens (tertiary/aromatic N) is 4. The van der Waals surface area contributed by atoms with Gasteiger partial charge in [-0.1, -0.05) is 0 Å². The van der Waals surface area contributed by atoms with Crippen molar-refractivity contribution in [3.8, 4) is 11.3 Å². The number of hydrogen-bond acceptors (Lipinski definition) is 3. The lowest BCUT2D eigenvalue weighted by atomic mass is 10.3. The average Bonchev–Trinajstić information content (AvgIpc) is 2.71. The van der Waals surface area contributed by atoms with Gasteiger partial charge in [0, 0.05) is 24.2 Å².